The SMILES string of the molecule is COc1ccc(C)cc1NC(=O)C(C)OC(=O)Cc1cccs1. The summed E-state index contributed by atoms with van der Waals surface area (Å²) < 4.78 is 10.4. The van der Waals surface area contributed by atoms with Crippen LogP contribution in [0.15, 0.2) is 35.7 Å². The summed E-state index contributed by atoms with van der Waals surface area (Å²) in [5.41, 5.74) is 1.54. The van der Waals surface area contributed by atoms with Crippen LogP contribution in [0.5, 0.6) is 5.75 Å². The maximum Gasteiger partial charge on any atom is 0.311 e. The standard InChI is InChI=1S/C17H19NO4S/c1-11-6-7-15(21-3)14(9-11)18-17(20)12(2)22-16(19)10-13-5-4-8-23-13/h4-9,12H,10H2,1-3H3,(H,18,20). The van der Waals surface area contributed by atoms with E-state index in [0.717, 1.165) is 10.4 Å². The van der Waals surface area contributed by atoms with Gasteiger partial charge in [0.2, 0.25) is 0 Å². The van der Waals surface area contributed by atoms with Gasteiger partial charge >= 0.3 is 5.97 Å². The predicted molar refractivity (Wildman–Crippen MR) is 89.9 cm³/mol. The zero-order valence-electron chi connectivity index (χ0n) is 13.3. The average Bonchev–Trinajstić information content (AvgIpc) is 3.00. The number of rotatable bonds is 6. The Balaban J connectivity index is 1.94. The summed E-state index contributed by atoms with van der Waals surface area (Å²) in [6, 6.07) is 9.19. The molecule has 1 amide bonds. The highest BCUT2D eigenvalue weighted by Crippen LogP contribution is 2.25. The van der Waals surface area contributed by atoms with Crippen molar-refractivity contribution in [3.8, 4) is 5.75 Å². The maximum absolute atomic E-state index is 12.2. The number of carbonyl (C=O) groups excluding carboxylic acids is 2. The van der Waals surface area contributed by atoms with Gasteiger partial charge in [0.25, 0.3) is 5.91 Å². The number of benzene rings is 1. The monoisotopic (exact) mass is 333 g/mol. The van der Waals surface area contributed by atoms with Gasteiger partial charge in [-0.15, -0.1) is 11.3 Å². The summed E-state index contributed by atoms with van der Waals surface area (Å²) in [7, 11) is 1.53. The first kappa shape index (κ1) is 17.0. The fourth-order valence-corrected chi connectivity index (χ4v) is 2.69. The molecule has 0 radical (unpaired) electrons. The van der Waals surface area contributed by atoms with Crippen LogP contribution in [0.1, 0.15) is 17.4 Å². The fourth-order valence-electron chi connectivity index (χ4n) is 2.00. The summed E-state index contributed by atoms with van der Waals surface area (Å²) in [5.74, 6) is -0.263. The van der Waals surface area contributed by atoms with E-state index in [9.17, 15) is 9.59 Å². The third-order valence-corrected chi connectivity index (χ3v) is 4.07. The van der Waals surface area contributed by atoms with Gasteiger partial charge in [-0.3, -0.25) is 9.59 Å². The number of amides is 1. The van der Waals surface area contributed by atoms with Crippen LogP contribution in [0.25, 0.3) is 0 Å². The molecule has 2 aromatic rings. The molecule has 122 valence electrons. The van der Waals surface area contributed by atoms with Gasteiger partial charge in [0.05, 0.1) is 19.2 Å². The predicted octanol–water partition coefficient (Wildman–Crippen LogP) is 3.18. The van der Waals surface area contributed by atoms with Crippen LogP contribution in [-0.4, -0.2) is 25.1 Å². The lowest BCUT2D eigenvalue weighted by Gasteiger charge is -2.15. The molecule has 23 heavy (non-hydrogen) atoms. The van der Waals surface area contributed by atoms with Crippen molar-refractivity contribution in [2.75, 3.05) is 12.4 Å². The Morgan fingerprint density at radius 1 is 1.30 bits per heavy atom. The van der Waals surface area contributed by atoms with E-state index in [4.69, 9.17) is 9.47 Å². The van der Waals surface area contributed by atoms with Crippen molar-refractivity contribution in [1.82, 2.24) is 0 Å². The molecule has 5 nitrogen and oxygen atoms in total. The number of nitrogens with one attached hydrogen (secondary N) is 1. The molecule has 0 saturated heterocycles. The van der Waals surface area contributed by atoms with Gasteiger partial charge in [-0.1, -0.05) is 12.1 Å². The van der Waals surface area contributed by atoms with Crippen molar-refractivity contribution < 1.29 is 19.1 Å². The van der Waals surface area contributed by atoms with Gasteiger partial charge < -0.3 is 14.8 Å². The number of methoxy groups -OCH3 is 1. The third kappa shape index (κ3) is 4.82. The van der Waals surface area contributed by atoms with Crippen LogP contribution in [0, 0.1) is 6.92 Å². The second-order valence-electron chi connectivity index (χ2n) is 5.08. The number of hydrogen-bond donors (Lipinski definition) is 1. The highest BCUT2D eigenvalue weighted by Gasteiger charge is 2.19. The topological polar surface area (TPSA) is 64.6 Å². The molecule has 1 N–H and O–H groups in total. The minimum atomic E-state index is -0.882. The largest absolute Gasteiger partial charge is 0.495 e. The molecule has 0 aliphatic carbocycles. The van der Waals surface area contributed by atoms with Crippen LogP contribution < -0.4 is 10.1 Å². The molecule has 0 aliphatic heterocycles. The molecule has 1 heterocycles. The Bertz CT molecular complexity index is 682. The van der Waals surface area contributed by atoms with Gasteiger partial charge in [0.15, 0.2) is 6.10 Å². The first-order valence-electron chi connectivity index (χ1n) is 7.17. The Morgan fingerprint density at radius 2 is 2.09 bits per heavy atom. The number of anilines is 1. The first-order chi connectivity index (χ1) is 11.0. The maximum atomic E-state index is 12.2. The van der Waals surface area contributed by atoms with Crippen LogP contribution in [0.2, 0.25) is 0 Å². The van der Waals surface area contributed by atoms with Crippen LogP contribution in [0.4, 0.5) is 5.69 Å². The fraction of sp³-hybridized carbons (Fsp3) is 0.294. The number of aryl methyl sites for hydroxylation is 1. The molecule has 1 aromatic heterocycles. The zero-order chi connectivity index (χ0) is 16.8. The van der Waals surface area contributed by atoms with E-state index in [0.29, 0.717) is 11.4 Å². The second kappa shape index (κ2) is 7.78. The summed E-state index contributed by atoms with van der Waals surface area (Å²) in [6.07, 6.45) is -0.712. The van der Waals surface area contributed by atoms with Crippen molar-refractivity contribution in [3.63, 3.8) is 0 Å². The Hall–Kier alpha value is -2.34. The minimum Gasteiger partial charge on any atom is -0.495 e. The van der Waals surface area contributed by atoms with Crippen LogP contribution in [-0.2, 0) is 20.7 Å². The second-order valence-corrected chi connectivity index (χ2v) is 6.11. The van der Waals surface area contributed by atoms with Crippen LogP contribution >= 0.6 is 11.3 Å². The molecule has 6 heteroatoms. The molecular formula is C17H19NO4S. The van der Waals surface area contributed by atoms with Gasteiger partial charge in [-0.05, 0) is 43.0 Å². The van der Waals surface area contributed by atoms with E-state index in [1.807, 2.05) is 30.5 Å². The average molecular weight is 333 g/mol. The lowest BCUT2D eigenvalue weighted by Crippen LogP contribution is -2.30. The quantitative estimate of drug-likeness (QED) is 0.825. The number of esters is 1. The normalized spacial score (nSPS) is 11.6. The molecule has 0 aliphatic rings. The highest BCUT2D eigenvalue weighted by atomic mass is 32.1. The molecule has 0 saturated carbocycles. The van der Waals surface area contributed by atoms with Gasteiger partial charge in [0, 0.05) is 4.88 Å². The van der Waals surface area contributed by atoms with Crippen molar-refractivity contribution in [3.05, 3.63) is 46.2 Å². The lowest BCUT2D eigenvalue weighted by molar-refractivity contribution is -0.152. The molecule has 1 aromatic carbocycles. The van der Waals surface area contributed by atoms with E-state index >= 15 is 0 Å². The first-order valence-corrected chi connectivity index (χ1v) is 8.05. The summed E-state index contributed by atoms with van der Waals surface area (Å²) in [5, 5.41) is 4.62. The third-order valence-electron chi connectivity index (χ3n) is 3.19. The zero-order valence-corrected chi connectivity index (χ0v) is 14.1. The molecule has 0 fully saturated rings. The number of thiophene rings is 1. The molecular weight excluding hydrogens is 314 g/mol. The van der Waals surface area contributed by atoms with Crippen molar-refractivity contribution in [2.45, 2.75) is 26.4 Å². The summed E-state index contributed by atoms with van der Waals surface area (Å²) in [4.78, 5) is 24.9. The number of carbonyl (C=O) groups is 2. The smallest absolute Gasteiger partial charge is 0.311 e. The molecule has 1 atom stereocenters. The Labute approximate surface area is 139 Å². The van der Waals surface area contributed by atoms with Crippen molar-refractivity contribution in [1.29, 1.82) is 0 Å². The van der Waals surface area contributed by atoms with Gasteiger partial charge in [0.1, 0.15) is 5.75 Å². The number of ether oxygens (including phenoxy) is 2. The summed E-state index contributed by atoms with van der Waals surface area (Å²) in [6.45, 7) is 3.46. The highest BCUT2D eigenvalue weighted by molar-refractivity contribution is 7.10. The Morgan fingerprint density at radius 3 is 2.74 bits per heavy atom. The van der Waals surface area contributed by atoms with E-state index < -0.39 is 18.0 Å². The summed E-state index contributed by atoms with van der Waals surface area (Å²) >= 11 is 1.48. The molecule has 2 rings (SSSR count). The van der Waals surface area contributed by atoms with Crippen molar-refractivity contribution in [2.24, 2.45) is 0 Å². The Kier molecular flexibility index (Phi) is 5.76. The van der Waals surface area contributed by atoms with Crippen LogP contribution in [0.3, 0.4) is 0 Å². The lowest BCUT2D eigenvalue weighted by atomic mass is 10.2. The van der Waals surface area contributed by atoms with E-state index in [2.05, 4.69) is 5.32 Å². The van der Waals surface area contributed by atoms with E-state index in [1.54, 1.807) is 19.1 Å². The van der Waals surface area contributed by atoms with Gasteiger partial charge in [-0.2, -0.15) is 0 Å². The minimum absolute atomic E-state index is 0.170. The number of hydrogen-bond acceptors (Lipinski definition) is 5. The van der Waals surface area contributed by atoms with E-state index in [-0.39, 0.29) is 6.42 Å². The molecule has 1 unspecified atom stereocenters. The van der Waals surface area contributed by atoms with Gasteiger partial charge in [-0.25, -0.2) is 0 Å². The molecule has 0 spiro atoms. The van der Waals surface area contributed by atoms with Crippen molar-refractivity contribution >= 4 is 28.9 Å². The van der Waals surface area contributed by atoms with E-state index in [1.165, 1.54) is 18.4 Å². The molecule has 0 bridgehead atoms.